The maximum atomic E-state index is 11.7. The molecule has 98 valence electrons. The summed E-state index contributed by atoms with van der Waals surface area (Å²) in [7, 11) is 0. The van der Waals surface area contributed by atoms with Crippen molar-refractivity contribution in [2.75, 3.05) is 5.32 Å². The van der Waals surface area contributed by atoms with Crippen LogP contribution in [0.15, 0.2) is 30.7 Å². The highest BCUT2D eigenvalue weighted by molar-refractivity contribution is 5.90. The van der Waals surface area contributed by atoms with Crippen molar-refractivity contribution in [1.29, 1.82) is 0 Å². The number of anilines is 1. The molecule has 1 N–H and O–H groups in total. The number of carbonyl (C=O) groups excluding carboxylic acids is 1. The summed E-state index contributed by atoms with van der Waals surface area (Å²) in [6, 6.07) is 3.30. The molecule has 0 spiro atoms. The van der Waals surface area contributed by atoms with Crippen LogP contribution >= 0.6 is 0 Å². The Kier molecular flexibility index (Phi) is 3.51. The highest BCUT2D eigenvalue weighted by atomic mass is 16.6. The molecule has 0 saturated heterocycles. The molecule has 0 atom stereocenters. The first-order chi connectivity index (χ1) is 9.06. The number of nitrogens with one attached hydrogen (secondary N) is 1. The fourth-order valence-electron chi connectivity index (χ4n) is 1.55. The predicted octanol–water partition coefficient (Wildman–Crippen LogP) is 1.13. The number of aromatic nitrogens is 3. The molecule has 0 aliphatic carbocycles. The van der Waals surface area contributed by atoms with Gasteiger partial charge in [-0.3, -0.25) is 24.6 Å². The molecule has 0 aliphatic rings. The molecule has 0 aromatic carbocycles. The summed E-state index contributed by atoms with van der Waals surface area (Å²) < 4.78 is 1.24. The molecule has 8 nitrogen and oxygen atoms in total. The molecule has 2 rings (SSSR count). The van der Waals surface area contributed by atoms with E-state index in [0.29, 0.717) is 5.69 Å². The Bertz CT molecular complexity index is 608. The summed E-state index contributed by atoms with van der Waals surface area (Å²) in [5.74, 6) is -0.316. The molecule has 0 fully saturated rings. The SMILES string of the molecule is Cc1nn(CC(=O)Nc2ccncc2)cc1[N+](=O)[O-]. The van der Waals surface area contributed by atoms with Gasteiger partial charge in [0.05, 0.1) is 4.92 Å². The van der Waals surface area contributed by atoms with Crippen molar-refractivity contribution in [2.24, 2.45) is 0 Å². The number of nitro groups is 1. The van der Waals surface area contributed by atoms with Crippen molar-refractivity contribution in [3.05, 3.63) is 46.5 Å². The smallest absolute Gasteiger partial charge is 0.309 e. The zero-order valence-electron chi connectivity index (χ0n) is 10.1. The number of hydrogen-bond donors (Lipinski definition) is 1. The first-order valence-corrected chi connectivity index (χ1v) is 5.44. The van der Waals surface area contributed by atoms with Gasteiger partial charge in [0, 0.05) is 18.1 Å². The fourth-order valence-corrected chi connectivity index (χ4v) is 1.55. The van der Waals surface area contributed by atoms with Crippen LogP contribution in [0.2, 0.25) is 0 Å². The van der Waals surface area contributed by atoms with Crippen molar-refractivity contribution in [3.63, 3.8) is 0 Å². The maximum absolute atomic E-state index is 11.7. The van der Waals surface area contributed by atoms with E-state index in [1.807, 2.05) is 0 Å². The van der Waals surface area contributed by atoms with Gasteiger partial charge in [-0.05, 0) is 19.1 Å². The number of nitrogens with zero attached hydrogens (tertiary/aromatic N) is 4. The van der Waals surface area contributed by atoms with Gasteiger partial charge in [0.2, 0.25) is 5.91 Å². The minimum atomic E-state index is -0.528. The van der Waals surface area contributed by atoms with Crippen LogP contribution in [0, 0.1) is 17.0 Å². The minimum Gasteiger partial charge on any atom is -0.324 e. The van der Waals surface area contributed by atoms with Crippen LogP contribution in [-0.4, -0.2) is 25.6 Å². The Morgan fingerprint density at radius 1 is 1.47 bits per heavy atom. The number of aryl methyl sites for hydroxylation is 1. The van der Waals surface area contributed by atoms with Crippen LogP contribution in [0.5, 0.6) is 0 Å². The average molecular weight is 261 g/mol. The van der Waals surface area contributed by atoms with E-state index < -0.39 is 4.92 Å². The van der Waals surface area contributed by atoms with Gasteiger partial charge in [-0.25, -0.2) is 0 Å². The van der Waals surface area contributed by atoms with E-state index in [4.69, 9.17) is 0 Å². The van der Waals surface area contributed by atoms with Crippen LogP contribution < -0.4 is 5.32 Å². The summed E-state index contributed by atoms with van der Waals surface area (Å²) in [4.78, 5) is 25.7. The topological polar surface area (TPSA) is 103 Å². The quantitative estimate of drug-likeness (QED) is 0.656. The minimum absolute atomic E-state index is 0.0863. The van der Waals surface area contributed by atoms with Gasteiger partial charge in [-0.15, -0.1) is 0 Å². The van der Waals surface area contributed by atoms with Gasteiger partial charge in [0.1, 0.15) is 18.4 Å². The largest absolute Gasteiger partial charge is 0.324 e. The van der Waals surface area contributed by atoms with Gasteiger partial charge in [0.15, 0.2) is 0 Å². The third kappa shape index (κ3) is 3.12. The maximum Gasteiger partial charge on any atom is 0.309 e. The Balaban J connectivity index is 2.03. The van der Waals surface area contributed by atoms with Gasteiger partial charge in [-0.2, -0.15) is 5.10 Å². The second-order valence-electron chi connectivity index (χ2n) is 3.84. The zero-order valence-corrected chi connectivity index (χ0v) is 10.1. The predicted molar refractivity (Wildman–Crippen MR) is 66.5 cm³/mol. The normalized spacial score (nSPS) is 10.2. The Labute approximate surface area is 108 Å². The fraction of sp³-hybridized carbons (Fsp3) is 0.182. The standard InChI is InChI=1S/C11H11N5O3/c1-8-10(16(18)19)6-15(14-8)7-11(17)13-9-2-4-12-5-3-9/h2-6H,7H2,1H3,(H,12,13,17). The zero-order chi connectivity index (χ0) is 13.8. The van der Waals surface area contributed by atoms with Gasteiger partial charge in [-0.1, -0.05) is 0 Å². The van der Waals surface area contributed by atoms with E-state index in [1.165, 1.54) is 17.8 Å². The Hall–Kier alpha value is -2.77. The van der Waals surface area contributed by atoms with Gasteiger partial charge in [0.25, 0.3) is 0 Å². The van der Waals surface area contributed by atoms with Crippen molar-refractivity contribution in [2.45, 2.75) is 13.5 Å². The lowest BCUT2D eigenvalue weighted by Gasteiger charge is -2.04. The van der Waals surface area contributed by atoms with E-state index in [-0.39, 0.29) is 23.8 Å². The summed E-state index contributed by atoms with van der Waals surface area (Å²) in [5, 5.41) is 17.2. The summed E-state index contributed by atoms with van der Waals surface area (Å²) >= 11 is 0. The number of pyridine rings is 1. The Morgan fingerprint density at radius 2 is 2.16 bits per heavy atom. The molecule has 0 aliphatic heterocycles. The van der Waals surface area contributed by atoms with Crippen LogP contribution in [0.4, 0.5) is 11.4 Å². The molecule has 0 radical (unpaired) electrons. The van der Waals surface area contributed by atoms with Gasteiger partial charge >= 0.3 is 5.69 Å². The van der Waals surface area contributed by atoms with Crippen molar-refractivity contribution in [1.82, 2.24) is 14.8 Å². The van der Waals surface area contributed by atoms with E-state index >= 15 is 0 Å². The van der Waals surface area contributed by atoms with E-state index in [2.05, 4.69) is 15.4 Å². The second kappa shape index (κ2) is 5.25. The van der Waals surface area contributed by atoms with Crippen LogP contribution in [0.1, 0.15) is 5.69 Å². The molecule has 0 unspecified atom stereocenters. The molecule has 8 heteroatoms. The lowest BCUT2D eigenvalue weighted by molar-refractivity contribution is -0.385. The second-order valence-corrected chi connectivity index (χ2v) is 3.84. The first kappa shape index (κ1) is 12.7. The monoisotopic (exact) mass is 261 g/mol. The van der Waals surface area contributed by atoms with Crippen molar-refractivity contribution < 1.29 is 9.72 Å². The molecule has 2 heterocycles. The van der Waals surface area contributed by atoms with Crippen molar-refractivity contribution >= 4 is 17.3 Å². The molecule has 0 saturated carbocycles. The van der Waals surface area contributed by atoms with E-state index in [9.17, 15) is 14.9 Å². The summed E-state index contributed by atoms with van der Waals surface area (Å²) in [6.07, 6.45) is 4.35. The molecule has 2 aromatic rings. The van der Waals surface area contributed by atoms with Crippen molar-refractivity contribution in [3.8, 4) is 0 Å². The molecule has 2 aromatic heterocycles. The van der Waals surface area contributed by atoms with E-state index in [0.717, 1.165) is 0 Å². The summed E-state index contributed by atoms with van der Waals surface area (Å²) in [5.41, 5.74) is 0.789. The first-order valence-electron chi connectivity index (χ1n) is 5.44. The highest BCUT2D eigenvalue weighted by Gasteiger charge is 2.16. The number of carbonyl (C=O) groups is 1. The lowest BCUT2D eigenvalue weighted by atomic mass is 10.4. The Morgan fingerprint density at radius 3 is 2.74 bits per heavy atom. The van der Waals surface area contributed by atoms with E-state index in [1.54, 1.807) is 24.5 Å². The number of rotatable bonds is 4. The molecular weight excluding hydrogens is 250 g/mol. The number of amides is 1. The van der Waals surface area contributed by atoms with Gasteiger partial charge < -0.3 is 5.32 Å². The van der Waals surface area contributed by atoms with Crippen LogP contribution in [-0.2, 0) is 11.3 Å². The molecule has 0 bridgehead atoms. The highest BCUT2D eigenvalue weighted by Crippen LogP contribution is 2.14. The van der Waals surface area contributed by atoms with Crippen LogP contribution in [0.3, 0.4) is 0 Å². The van der Waals surface area contributed by atoms with Crippen LogP contribution in [0.25, 0.3) is 0 Å². The third-order valence-corrected chi connectivity index (χ3v) is 2.39. The molecular formula is C11H11N5O3. The summed E-state index contributed by atoms with van der Waals surface area (Å²) in [6.45, 7) is 1.44. The number of hydrogen-bond acceptors (Lipinski definition) is 5. The molecule has 19 heavy (non-hydrogen) atoms. The molecule has 1 amide bonds. The lowest BCUT2D eigenvalue weighted by Crippen LogP contribution is -2.19. The average Bonchev–Trinajstić information content (AvgIpc) is 2.71. The third-order valence-electron chi connectivity index (χ3n) is 2.39.